The van der Waals surface area contributed by atoms with Gasteiger partial charge < -0.3 is 15.8 Å². The Hall–Kier alpha value is -1.26. The number of nitrogens with two attached hydrogens (primary N) is 1. The fourth-order valence-corrected chi connectivity index (χ4v) is 2.29. The molecule has 3 N–H and O–H groups in total. The summed E-state index contributed by atoms with van der Waals surface area (Å²) in [4.78, 5) is 12.0. The zero-order chi connectivity index (χ0) is 15.0. The molecule has 4 nitrogen and oxygen atoms in total. The van der Waals surface area contributed by atoms with Gasteiger partial charge in [0.1, 0.15) is 5.75 Å². The van der Waals surface area contributed by atoms with Gasteiger partial charge in [0.2, 0.25) is 5.91 Å². The lowest BCUT2D eigenvalue weighted by Crippen LogP contribution is -2.15. The molecule has 1 amide bonds. The Kier molecular flexibility index (Phi) is 7.41. The fraction of sp³-hybridized carbons (Fsp3) is 0.533. The van der Waals surface area contributed by atoms with Crippen LogP contribution in [0.3, 0.4) is 0 Å². The highest BCUT2D eigenvalue weighted by molar-refractivity contribution is 6.31. The van der Waals surface area contributed by atoms with E-state index in [4.69, 9.17) is 22.1 Å². The van der Waals surface area contributed by atoms with Crippen LogP contribution in [0.25, 0.3) is 0 Å². The molecule has 1 aromatic carbocycles. The van der Waals surface area contributed by atoms with Crippen LogP contribution in [0.2, 0.25) is 5.02 Å². The number of halogens is 1. The Morgan fingerprint density at radius 2 is 2.20 bits per heavy atom. The summed E-state index contributed by atoms with van der Waals surface area (Å²) in [5.41, 5.74) is 6.17. The fourth-order valence-electron chi connectivity index (χ4n) is 2.11. The highest BCUT2D eigenvalue weighted by Gasteiger charge is 2.11. The number of hydrogen-bond donors (Lipinski definition) is 2. The smallest absolute Gasteiger partial charge is 0.224 e. The topological polar surface area (TPSA) is 64.4 Å². The van der Waals surface area contributed by atoms with Crippen molar-refractivity contribution in [3.63, 3.8) is 0 Å². The molecule has 112 valence electrons. The summed E-state index contributed by atoms with van der Waals surface area (Å²) in [6.07, 6.45) is 3.34. The Morgan fingerprint density at radius 3 is 2.80 bits per heavy atom. The molecule has 0 saturated carbocycles. The van der Waals surface area contributed by atoms with Crippen molar-refractivity contribution in [1.29, 1.82) is 0 Å². The van der Waals surface area contributed by atoms with E-state index in [2.05, 4.69) is 12.2 Å². The van der Waals surface area contributed by atoms with Crippen LogP contribution < -0.4 is 15.8 Å². The van der Waals surface area contributed by atoms with Gasteiger partial charge in [-0.2, -0.15) is 0 Å². The monoisotopic (exact) mass is 298 g/mol. The van der Waals surface area contributed by atoms with Crippen LogP contribution in [-0.4, -0.2) is 19.6 Å². The maximum atomic E-state index is 12.0. The van der Waals surface area contributed by atoms with E-state index in [0.717, 1.165) is 19.3 Å². The minimum absolute atomic E-state index is 0.0268. The lowest BCUT2D eigenvalue weighted by atomic mass is 9.96. The lowest BCUT2D eigenvalue weighted by Gasteiger charge is -2.14. The SMILES string of the molecule is CCC(CCN)CCC(=O)Nc1cc(Cl)ccc1OC. The van der Waals surface area contributed by atoms with Crippen molar-refractivity contribution in [3.8, 4) is 5.75 Å². The average Bonchev–Trinajstić information content (AvgIpc) is 2.43. The molecule has 20 heavy (non-hydrogen) atoms. The molecule has 1 unspecified atom stereocenters. The molecule has 1 atom stereocenters. The summed E-state index contributed by atoms with van der Waals surface area (Å²) in [5.74, 6) is 1.09. The zero-order valence-corrected chi connectivity index (χ0v) is 12.9. The molecule has 0 aliphatic rings. The van der Waals surface area contributed by atoms with Gasteiger partial charge in [-0.25, -0.2) is 0 Å². The van der Waals surface area contributed by atoms with Crippen LogP contribution in [0.1, 0.15) is 32.6 Å². The van der Waals surface area contributed by atoms with E-state index in [1.165, 1.54) is 0 Å². The van der Waals surface area contributed by atoms with Gasteiger partial charge in [-0.3, -0.25) is 4.79 Å². The van der Waals surface area contributed by atoms with Gasteiger partial charge in [0, 0.05) is 11.4 Å². The van der Waals surface area contributed by atoms with E-state index in [-0.39, 0.29) is 5.91 Å². The van der Waals surface area contributed by atoms with Crippen LogP contribution in [-0.2, 0) is 4.79 Å². The standard InChI is InChI=1S/C15H23ClN2O2/c1-3-11(8-9-17)4-7-15(19)18-13-10-12(16)5-6-14(13)20-2/h5-6,10-11H,3-4,7-9,17H2,1-2H3,(H,18,19). The Morgan fingerprint density at radius 1 is 1.45 bits per heavy atom. The number of hydrogen-bond acceptors (Lipinski definition) is 3. The number of nitrogens with one attached hydrogen (secondary N) is 1. The van der Waals surface area contributed by atoms with Crippen molar-refractivity contribution in [1.82, 2.24) is 0 Å². The second-order valence-corrected chi connectivity index (χ2v) is 5.22. The van der Waals surface area contributed by atoms with Crippen molar-refractivity contribution in [2.24, 2.45) is 11.7 Å². The van der Waals surface area contributed by atoms with Gasteiger partial charge in [-0.1, -0.05) is 24.9 Å². The van der Waals surface area contributed by atoms with Crippen LogP contribution in [0.4, 0.5) is 5.69 Å². The average molecular weight is 299 g/mol. The first-order valence-corrected chi connectivity index (χ1v) is 7.32. The maximum absolute atomic E-state index is 12.0. The second kappa shape index (κ2) is 8.82. The summed E-state index contributed by atoms with van der Waals surface area (Å²) in [5, 5.41) is 3.41. The highest BCUT2D eigenvalue weighted by Crippen LogP contribution is 2.28. The molecule has 5 heteroatoms. The van der Waals surface area contributed by atoms with Gasteiger partial charge >= 0.3 is 0 Å². The quantitative estimate of drug-likeness (QED) is 0.772. The molecule has 0 aromatic heterocycles. The number of benzene rings is 1. The maximum Gasteiger partial charge on any atom is 0.224 e. The van der Waals surface area contributed by atoms with Crippen LogP contribution in [0, 0.1) is 5.92 Å². The van der Waals surface area contributed by atoms with Crippen molar-refractivity contribution >= 4 is 23.2 Å². The van der Waals surface area contributed by atoms with Crippen LogP contribution in [0.15, 0.2) is 18.2 Å². The van der Waals surface area contributed by atoms with Crippen molar-refractivity contribution in [3.05, 3.63) is 23.2 Å². The molecule has 0 bridgehead atoms. The lowest BCUT2D eigenvalue weighted by molar-refractivity contribution is -0.116. The third-order valence-corrected chi connectivity index (χ3v) is 3.60. The summed E-state index contributed by atoms with van der Waals surface area (Å²) in [6, 6.07) is 5.15. The number of carbonyl (C=O) groups excluding carboxylic acids is 1. The third kappa shape index (κ3) is 5.39. The normalized spacial score (nSPS) is 12.0. The van der Waals surface area contributed by atoms with Crippen molar-refractivity contribution in [2.45, 2.75) is 32.6 Å². The summed E-state index contributed by atoms with van der Waals surface area (Å²) < 4.78 is 5.20. The van der Waals surface area contributed by atoms with E-state index in [1.54, 1.807) is 25.3 Å². The Labute approximate surface area is 125 Å². The summed E-state index contributed by atoms with van der Waals surface area (Å²) in [6.45, 7) is 2.79. The first-order chi connectivity index (χ1) is 9.60. The van der Waals surface area contributed by atoms with E-state index in [0.29, 0.717) is 35.3 Å². The molecule has 1 aromatic rings. The molecule has 0 radical (unpaired) electrons. The molecular formula is C15H23ClN2O2. The van der Waals surface area contributed by atoms with Gasteiger partial charge in [0.25, 0.3) is 0 Å². The van der Waals surface area contributed by atoms with E-state index in [9.17, 15) is 4.79 Å². The van der Waals surface area contributed by atoms with Crippen LogP contribution >= 0.6 is 11.6 Å². The van der Waals surface area contributed by atoms with Gasteiger partial charge in [0.15, 0.2) is 0 Å². The summed E-state index contributed by atoms with van der Waals surface area (Å²) >= 11 is 5.93. The zero-order valence-electron chi connectivity index (χ0n) is 12.1. The molecule has 0 heterocycles. The van der Waals surface area contributed by atoms with Gasteiger partial charge in [-0.15, -0.1) is 0 Å². The Balaban J connectivity index is 2.55. The summed E-state index contributed by atoms with van der Waals surface area (Å²) in [7, 11) is 1.56. The number of anilines is 1. The molecular weight excluding hydrogens is 276 g/mol. The first kappa shape index (κ1) is 16.8. The largest absolute Gasteiger partial charge is 0.495 e. The molecule has 0 fully saturated rings. The number of rotatable bonds is 8. The molecule has 0 aliphatic heterocycles. The Bertz CT molecular complexity index is 438. The van der Waals surface area contributed by atoms with Crippen molar-refractivity contribution < 1.29 is 9.53 Å². The molecule has 0 spiro atoms. The van der Waals surface area contributed by atoms with Crippen LogP contribution in [0.5, 0.6) is 5.75 Å². The minimum Gasteiger partial charge on any atom is -0.495 e. The molecule has 0 aliphatic carbocycles. The van der Waals surface area contributed by atoms with Crippen molar-refractivity contribution in [2.75, 3.05) is 19.0 Å². The van der Waals surface area contributed by atoms with Gasteiger partial charge in [-0.05, 0) is 43.5 Å². The number of methoxy groups -OCH3 is 1. The second-order valence-electron chi connectivity index (χ2n) is 4.78. The van der Waals surface area contributed by atoms with Gasteiger partial charge in [0.05, 0.1) is 12.8 Å². The minimum atomic E-state index is -0.0268. The molecule has 1 rings (SSSR count). The predicted molar refractivity (Wildman–Crippen MR) is 83.3 cm³/mol. The first-order valence-electron chi connectivity index (χ1n) is 6.94. The third-order valence-electron chi connectivity index (χ3n) is 3.37. The van der Waals surface area contributed by atoms with E-state index < -0.39 is 0 Å². The number of carbonyl (C=O) groups is 1. The molecule has 0 saturated heterocycles. The number of amides is 1. The highest BCUT2D eigenvalue weighted by atomic mass is 35.5. The predicted octanol–water partition coefficient (Wildman–Crippen LogP) is 3.44. The number of ether oxygens (including phenoxy) is 1. The van der Waals surface area contributed by atoms with E-state index in [1.807, 2.05) is 0 Å². The van der Waals surface area contributed by atoms with E-state index >= 15 is 0 Å².